The van der Waals surface area contributed by atoms with Crippen molar-refractivity contribution in [3.63, 3.8) is 0 Å². The minimum atomic E-state index is -0.838. The molecular weight excluding hydrogens is 366 g/mol. The number of benzene rings is 2. The van der Waals surface area contributed by atoms with Gasteiger partial charge in [-0.1, -0.05) is 17.7 Å². The fraction of sp³-hybridized carbons (Fsp3) is 0.167. The second kappa shape index (κ2) is 7.61. The molecular formula is C18H13ClF2N2O3. The third-order valence-electron chi connectivity index (χ3n) is 3.57. The quantitative estimate of drug-likeness (QED) is 0.611. The Morgan fingerprint density at radius 2 is 1.92 bits per heavy atom. The van der Waals surface area contributed by atoms with Gasteiger partial charge in [-0.3, -0.25) is 4.79 Å². The molecule has 0 fully saturated rings. The highest BCUT2D eigenvalue weighted by molar-refractivity contribution is 6.31. The molecule has 26 heavy (non-hydrogen) atoms. The van der Waals surface area contributed by atoms with Crippen molar-refractivity contribution in [2.24, 2.45) is 0 Å². The van der Waals surface area contributed by atoms with Crippen LogP contribution in [0.15, 0.2) is 46.9 Å². The third kappa shape index (κ3) is 4.05. The monoisotopic (exact) mass is 378 g/mol. The topological polar surface area (TPSA) is 65.2 Å². The van der Waals surface area contributed by atoms with Crippen molar-refractivity contribution >= 4 is 17.6 Å². The molecule has 1 aromatic heterocycles. The van der Waals surface area contributed by atoms with E-state index in [2.05, 4.69) is 10.2 Å². The summed E-state index contributed by atoms with van der Waals surface area (Å²) in [6.45, 7) is 1.54. The van der Waals surface area contributed by atoms with Crippen LogP contribution in [0.4, 0.5) is 8.78 Å². The number of halogens is 3. The van der Waals surface area contributed by atoms with Crippen molar-refractivity contribution in [1.29, 1.82) is 0 Å². The Hall–Kier alpha value is -2.80. The van der Waals surface area contributed by atoms with Gasteiger partial charge in [-0.2, -0.15) is 0 Å². The van der Waals surface area contributed by atoms with E-state index in [9.17, 15) is 13.6 Å². The number of carbonyl (C=O) groups is 1. The highest BCUT2D eigenvalue weighted by Crippen LogP contribution is 2.24. The Kier molecular flexibility index (Phi) is 5.27. The van der Waals surface area contributed by atoms with Gasteiger partial charge in [0.2, 0.25) is 5.89 Å². The molecule has 5 nitrogen and oxygen atoms in total. The Morgan fingerprint density at radius 3 is 2.62 bits per heavy atom. The summed E-state index contributed by atoms with van der Waals surface area (Å²) in [5, 5.41) is 7.81. The smallest absolute Gasteiger partial charge is 0.311 e. The van der Waals surface area contributed by atoms with Crippen LogP contribution in [0, 0.1) is 11.6 Å². The molecule has 1 atom stereocenters. The van der Waals surface area contributed by atoms with E-state index in [1.165, 1.54) is 42.5 Å². The summed E-state index contributed by atoms with van der Waals surface area (Å²) in [5.74, 6) is -1.43. The van der Waals surface area contributed by atoms with Gasteiger partial charge in [0.15, 0.2) is 6.10 Å². The van der Waals surface area contributed by atoms with E-state index >= 15 is 0 Å². The van der Waals surface area contributed by atoms with E-state index in [0.29, 0.717) is 5.56 Å². The summed E-state index contributed by atoms with van der Waals surface area (Å²) < 4.78 is 37.3. The maximum Gasteiger partial charge on any atom is 0.311 e. The van der Waals surface area contributed by atoms with Gasteiger partial charge in [-0.15, -0.1) is 10.2 Å². The second-order valence-electron chi connectivity index (χ2n) is 5.46. The average Bonchev–Trinajstić information content (AvgIpc) is 3.09. The van der Waals surface area contributed by atoms with Gasteiger partial charge in [0, 0.05) is 16.1 Å². The molecule has 0 saturated heterocycles. The van der Waals surface area contributed by atoms with E-state index in [4.69, 9.17) is 20.8 Å². The molecule has 0 amide bonds. The first-order chi connectivity index (χ1) is 12.4. The van der Waals surface area contributed by atoms with E-state index in [0.717, 1.165) is 0 Å². The number of rotatable bonds is 5. The number of carbonyl (C=O) groups excluding carboxylic acids is 1. The Morgan fingerprint density at radius 1 is 1.19 bits per heavy atom. The lowest BCUT2D eigenvalue weighted by Gasteiger charge is -2.10. The SMILES string of the molecule is C[C@@H](OC(=O)Cc1c(F)cccc1Cl)c1nnc(-c2ccc(F)cc2)o1. The van der Waals surface area contributed by atoms with Crippen LogP contribution >= 0.6 is 11.6 Å². The molecule has 0 aliphatic heterocycles. The van der Waals surface area contributed by atoms with Crippen molar-refractivity contribution in [1.82, 2.24) is 10.2 Å². The fourth-order valence-corrected chi connectivity index (χ4v) is 2.47. The van der Waals surface area contributed by atoms with Crippen molar-refractivity contribution in [2.45, 2.75) is 19.4 Å². The highest BCUT2D eigenvalue weighted by atomic mass is 35.5. The summed E-state index contributed by atoms with van der Waals surface area (Å²) >= 11 is 5.89. The molecule has 134 valence electrons. The van der Waals surface area contributed by atoms with Gasteiger partial charge >= 0.3 is 5.97 Å². The van der Waals surface area contributed by atoms with E-state index in [-0.39, 0.29) is 34.6 Å². The van der Waals surface area contributed by atoms with E-state index < -0.39 is 17.9 Å². The van der Waals surface area contributed by atoms with Crippen LogP contribution in [0.2, 0.25) is 5.02 Å². The number of hydrogen-bond donors (Lipinski definition) is 0. The van der Waals surface area contributed by atoms with Gasteiger partial charge in [0.1, 0.15) is 11.6 Å². The normalized spacial score (nSPS) is 12.0. The number of ether oxygens (including phenoxy) is 1. The summed E-state index contributed by atoms with van der Waals surface area (Å²) in [5.41, 5.74) is 0.589. The Bertz CT molecular complexity index is 908. The summed E-state index contributed by atoms with van der Waals surface area (Å²) in [4.78, 5) is 12.0. The molecule has 0 aliphatic rings. The molecule has 0 radical (unpaired) electrons. The van der Waals surface area contributed by atoms with Crippen molar-refractivity contribution < 1.29 is 22.7 Å². The lowest BCUT2D eigenvalue weighted by atomic mass is 10.1. The molecule has 2 aromatic carbocycles. The lowest BCUT2D eigenvalue weighted by Crippen LogP contribution is -2.13. The molecule has 0 bridgehead atoms. The molecule has 1 heterocycles. The standard InChI is InChI=1S/C18H13ClF2N2O3/c1-10(25-16(24)9-13-14(19)3-2-4-15(13)21)17-22-23-18(26-17)11-5-7-12(20)8-6-11/h2-8,10H,9H2,1H3/t10-/m1/s1. The summed E-state index contributed by atoms with van der Waals surface area (Å²) in [6.07, 6.45) is -1.16. The zero-order chi connectivity index (χ0) is 18.7. The highest BCUT2D eigenvalue weighted by Gasteiger charge is 2.21. The van der Waals surface area contributed by atoms with Gasteiger partial charge in [0.25, 0.3) is 5.89 Å². The minimum absolute atomic E-state index is 0.0592. The van der Waals surface area contributed by atoms with Gasteiger partial charge in [0.05, 0.1) is 6.42 Å². The van der Waals surface area contributed by atoms with Gasteiger partial charge in [-0.25, -0.2) is 8.78 Å². The first kappa shape index (κ1) is 18.0. The van der Waals surface area contributed by atoms with Crippen LogP contribution in [0.3, 0.4) is 0 Å². The Balaban J connectivity index is 1.67. The summed E-state index contributed by atoms with van der Waals surface area (Å²) in [7, 11) is 0. The van der Waals surface area contributed by atoms with E-state index in [1.54, 1.807) is 6.92 Å². The minimum Gasteiger partial charge on any atom is -0.452 e. The molecule has 0 unspecified atom stereocenters. The lowest BCUT2D eigenvalue weighted by molar-refractivity contribution is -0.148. The summed E-state index contributed by atoms with van der Waals surface area (Å²) in [6, 6.07) is 9.66. The number of aromatic nitrogens is 2. The first-order valence-electron chi connectivity index (χ1n) is 7.65. The van der Waals surface area contributed by atoms with Crippen LogP contribution in [-0.2, 0) is 16.0 Å². The predicted molar refractivity (Wildman–Crippen MR) is 89.3 cm³/mol. The molecule has 3 rings (SSSR count). The first-order valence-corrected chi connectivity index (χ1v) is 8.03. The van der Waals surface area contributed by atoms with Crippen molar-refractivity contribution in [2.75, 3.05) is 0 Å². The predicted octanol–water partition coefficient (Wildman–Crippen LogP) is 4.52. The molecule has 0 N–H and O–H groups in total. The fourth-order valence-electron chi connectivity index (χ4n) is 2.24. The molecule has 8 heteroatoms. The van der Waals surface area contributed by atoms with Crippen LogP contribution < -0.4 is 0 Å². The second-order valence-corrected chi connectivity index (χ2v) is 5.87. The van der Waals surface area contributed by atoms with Gasteiger partial charge < -0.3 is 9.15 Å². The maximum absolute atomic E-state index is 13.7. The zero-order valence-corrected chi connectivity index (χ0v) is 14.3. The Labute approximate surface area is 152 Å². The van der Waals surface area contributed by atoms with E-state index in [1.807, 2.05) is 0 Å². The molecule has 3 aromatic rings. The molecule has 0 aliphatic carbocycles. The van der Waals surface area contributed by atoms with Crippen LogP contribution in [0.5, 0.6) is 0 Å². The van der Waals surface area contributed by atoms with Crippen LogP contribution in [-0.4, -0.2) is 16.2 Å². The van der Waals surface area contributed by atoms with Crippen LogP contribution in [0.1, 0.15) is 24.5 Å². The van der Waals surface area contributed by atoms with Crippen molar-refractivity contribution in [3.05, 3.63) is 70.6 Å². The zero-order valence-electron chi connectivity index (χ0n) is 13.6. The number of hydrogen-bond acceptors (Lipinski definition) is 5. The molecule has 0 spiro atoms. The number of nitrogens with zero attached hydrogens (tertiary/aromatic N) is 2. The largest absolute Gasteiger partial charge is 0.452 e. The average molecular weight is 379 g/mol. The molecule has 0 saturated carbocycles. The maximum atomic E-state index is 13.7. The van der Waals surface area contributed by atoms with Gasteiger partial charge in [-0.05, 0) is 43.3 Å². The van der Waals surface area contributed by atoms with Crippen molar-refractivity contribution in [3.8, 4) is 11.5 Å². The third-order valence-corrected chi connectivity index (χ3v) is 3.92. The van der Waals surface area contributed by atoms with Crippen LogP contribution in [0.25, 0.3) is 11.5 Å². The number of esters is 1.